The second kappa shape index (κ2) is 6.34. The Balaban J connectivity index is 1.83. The smallest absolute Gasteiger partial charge is 0.234 e. The van der Waals surface area contributed by atoms with Crippen LogP contribution >= 0.6 is 0 Å². The summed E-state index contributed by atoms with van der Waals surface area (Å²) in [5, 5.41) is 14.0. The van der Waals surface area contributed by atoms with Gasteiger partial charge in [-0.15, -0.1) is 0 Å². The van der Waals surface area contributed by atoms with Crippen molar-refractivity contribution in [3.8, 4) is 0 Å². The fourth-order valence-electron chi connectivity index (χ4n) is 2.49. The monoisotopic (exact) mass is 290 g/mol. The van der Waals surface area contributed by atoms with Crippen molar-refractivity contribution < 1.29 is 19.1 Å². The van der Waals surface area contributed by atoms with Crippen LogP contribution in [-0.2, 0) is 9.47 Å². The van der Waals surface area contributed by atoms with Gasteiger partial charge in [0.25, 0.3) is 0 Å². The number of hydrogen-bond acceptors (Lipinski definition) is 6. The van der Waals surface area contributed by atoms with Gasteiger partial charge in [0.05, 0.1) is 18.6 Å². The van der Waals surface area contributed by atoms with Crippen LogP contribution in [0.25, 0.3) is 0 Å². The highest BCUT2D eigenvalue weighted by molar-refractivity contribution is 5.22. The summed E-state index contributed by atoms with van der Waals surface area (Å²) >= 11 is 0. The number of nitrogens with zero attached hydrogens (tertiary/aromatic N) is 2. The normalized spacial score (nSPS) is 23.9. The third kappa shape index (κ3) is 2.97. The topological polar surface area (TPSA) is 77.6 Å². The van der Waals surface area contributed by atoms with Crippen molar-refractivity contribution in [3.05, 3.63) is 47.6 Å². The Labute approximate surface area is 122 Å². The predicted molar refractivity (Wildman–Crippen MR) is 73.8 cm³/mol. The molecule has 0 saturated carbocycles. The summed E-state index contributed by atoms with van der Waals surface area (Å²) in [7, 11) is 1.60. The molecule has 6 heteroatoms. The second-order valence-corrected chi connectivity index (χ2v) is 5.05. The van der Waals surface area contributed by atoms with Crippen LogP contribution in [0, 0.1) is 0 Å². The van der Waals surface area contributed by atoms with Crippen LogP contribution < -0.4 is 0 Å². The minimum absolute atomic E-state index is 0.270. The molecule has 1 aromatic heterocycles. The molecular weight excluding hydrogens is 272 g/mol. The molecule has 1 N–H and O–H groups in total. The standard InChI is InChI=1S/C15H18N2O4/c1-19-13(10-5-3-2-4-6-10)14-16-15(21-17-14)11-9-20-8-7-12(11)18/h2-6,11-13,18H,7-9H2,1H3. The van der Waals surface area contributed by atoms with Gasteiger partial charge in [0.2, 0.25) is 11.7 Å². The summed E-state index contributed by atoms with van der Waals surface area (Å²) in [5.74, 6) is 0.583. The molecule has 1 aliphatic heterocycles. The molecule has 0 radical (unpaired) electrons. The lowest BCUT2D eigenvalue weighted by atomic mass is 9.99. The van der Waals surface area contributed by atoms with Gasteiger partial charge in [0.1, 0.15) is 6.10 Å². The van der Waals surface area contributed by atoms with Crippen LogP contribution in [0.2, 0.25) is 0 Å². The van der Waals surface area contributed by atoms with E-state index in [9.17, 15) is 5.11 Å². The van der Waals surface area contributed by atoms with E-state index in [-0.39, 0.29) is 12.0 Å². The number of rotatable bonds is 4. The van der Waals surface area contributed by atoms with Crippen LogP contribution in [0.3, 0.4) is 0 Å². The van der Waals surface area contributed by atoms with Crippen LogP contribution in [0.15, 0.2) is 34.9 Å². The molecule has 112 valence electrons. The zero-order valence-electron chi connectivity index (χ0n) is 11.8. The van der Waals surface area contributed by atoms with Crippen molar-refractivity contribution in [1.82, 2.24) is 10.1 Å². The molecule has 3 atom stereocenters. The molecule has 0 amide bonds. The molecular formula is C15H18N2O4. The van der Waals surface area contributed by atoms with Crippen LogP contribution in [-0.4, -0.2) is 41.7 Å². The van der Waals surface area contributed by atoms with Crippen molar-refractivity contribution >= 4 is 0 Å². The molecule has 0 aliphatic carbocycles. The van der Waals surface area contributed by atoms with E-state index >= 15 is 0 Å². The van der Waals surface area contributed by atoms with Gasteiger partial charge in [-0.05, 0) is 12.0 Å². The lowest BCUT2D eigenvalue weighted by Crippen LogP contribution is -2.30. The van der Waals surface area contributed by atoms with E-state index < -0.39 is 6.10 Å². The Morgan fingerprint density at radius 3 is 2.86 bits per heavy atom. The summed E-state index contributed by atoms with van der Waals surface area (Å²) in [6, 6.07) is 9.70. The number of methoxy groups -OCH3 is 1. The number of ether oxygens (including phenoxy) is 2. The molecule has 0 bridgehead atoms. The van der Waals surface area contributed by atoms with Crippen molar-refractivity contribution in [2.75, 3.05) is 20.3 Å². The maximum absolute atomic E-state index is 10.0. The summed E-state index contributed by atoms with van der Waals surface area (Å²) < 4.78 is 16.1. The van der Waals surface area contributed by atoms with Crippen LogP contribution in [0.5, 0.6) is 0 Å². The average molecular weight is 290 g/mol. The molecule has 3 rings (SSSR count). The first-order valence-corrected chi connectivity index (χ1v) is 6.96. The summed E-state index contributed by atoms with van der Waals surface area (Å²) in [6.07, 6.45) is -0.315. The first-order valence-electron chi connectivity index (χ1n) is 6.96. The molecule has 3 unspecified atom stereocenters. The van der Waals surface area contributed by atoms with Crippen molar-refractivity contribution in [1.29, 1.82) is 0 Å². The minimum atomic E-state index is -0.509. The maximum Gasteiger partial charge on any atom is 0.234 e. The maximum atomic E-state index is 10.0. The predicted octanol–water partition coefficient (Wildman–Crippen LogP) is 1.67. The number of aliphatic hydroxyl groups is 1. The second-order valence-electron chi connectivity index (χ2n) is 5.05. The van der Waals surface area contributed by atoms with Gasteiger partial charge in [-0.3, -0.25) is 0 Å². The van der Waals surface area contributed by atoms with Gasteiger partial charge in [0.15, 0.2) is 0 Å². The van der Waals surface area contributed by atoms with Gasteiger partial charge in [-0.25, -0.2) is 0 Å². The zero-order chi connectivity index (χ0) is 14.7. The fourth-order valence-corrected chi connectivity index (χ4v) is 2.49. The molecule has 1 saturated heterocycles. The number of aliphatic hydroxyl groups excluding tert-OH is 1. The minimum Gasteiger partial charge on any atom is -0.392 e. The van der Waals surface area contributed by atoms with E-state index in [0.29, 0.717) is 31.3 Å². The lowest BCUT2D eigenvalue weighted by molar-refractivity contribution is -0.0149. The van der Waals surface area contributed by atoms with E-state index in [2.05, 4.69) is 10.1 Å². The highest BCUT2D eigenvalue weighted by Crippen LogP contribution is 2.28. The average Bonchev–Trinajstić information content (AvgIpc) is 2.99. The Morgan fingerprint density at radius 1 is 1.33 bits per heavy atom. The summed E-state index contributed by atoms with van der Waals surface area (Å²) in [5.41, 5.74) is 0.952. The number of hydrogen-bond donors (Lipinski definition) is 1. The molecule has 21 heavy (non-hydrogen) atoms. The Hall–Kier alpha value is -1.76. The molecule has 6 nitrogen and oxygen atoms in total. The van der Waals surface area contributed by atoms with E-state index in [0.717, 1.165) is 5.56 Å². The molecule has 1 fully saturated rings. The van der Waals surface area contributed by atoms with Crippen molar-refractivity contribution in [2.24, 2.45) is 0 Å². The molecule has 1 aliphatic rings. The van der Waals surface area contributed by atoms with Crippen LogP contribution in [0.4, 0.5) is 0 Å². The summed E-state index contributed by atoms with van der Waals surface area (Å²) in [4.78, 5) is 4.39. The molecule has 2 aromatic rings. The Morgan fingerprint density at radius 2 is 2.14 bits per heavy atom. The third-order valence-electron chi connectivity index (χ3n) is 3.67. The zero-order valence-corrected chi connectivity index (χ0v) is 11.8. The Bertz CT molecular complexity index is 572. The number of benzene rings is 1. The quantitative estimate of drug-likeness (QED) is 0.923. The molecule has 2 heterocycles. The highest BCUT2D eigenvalue weighted by Gasteiger charge is 2.31. The lowest BCUT2D eigenvalue weighted by Gasteiger charge is -2.24. The fraction of sp³-hybridized carbons (Fsp3) is 0.467. The largest absolute Gasteiger partial charge is 0.392 e. The first kappa shape index (κ1) is 14.2. The SMILES string of the molecule is COC(c1ccccc1)c1noc(C2COCCC2O)n1. The van der Waals surface area contributed by atoms with Crippen molar-refractivity contribution in [2.45, 2.75) is 24.5 Å². The summed E-state index contributed by atoms with van der Waals surface area (Å²) in [6.45, 7) is 0.954. The van der Waals surface area contributed by atoms with E-state index in [4.69, 9.17) is 14.0 Å². The highest BCUT2D eigenvalue weighted by atomic mass is 16.5. The molecule has 1 aromatic carbocycles. The Kier molecular flexibility index (Phi) is 4.28. The molecule has 0 spiro atoms. The van der Waals surface area contributed by atoms with E-state index in [1.54, 1.807) is 7.11 Å². The van der Waals surface area contributed by atoms with Gasteiger partial charge in [-0.1, -0.05) is 35.5 Å². The van der Waals surface area contributed by atoms with E-state index in [1.807, 2.05) is 30.3 Å². The van der Waals surface area contributed by atoms with E-state index in [1.165, 1.54) is 0 Å². The van der Waals surface area contributed by atoms with Gasteiger partial charge in [0, 0.05) is 13.7 Å². The van der Waals surface area contributed by atoms with Gasteiger partial charge < -0.3 is 19.1 Å². The van der Waals surface area contributed by atoms with Crippen LogP contribution in [0.1, 0.15) is 35.7 Å². The van der Waals surface area contributed by atoms with Gasteiger partial charge in [-0.2, -0.15) is 4.98 Å². The van der Waals surface area contributed by atoms with Gasteiger partial charge >= 0.3 is 0 Å². The number of aromatic nitrogens is 2. The first-order chi connectivity index (χ1) is 10.3. The third-order valence-corrected chi connectivity index (χ3v) is 3.67. The van der Waals surface area contributed by atoms with Crippen molar-refractivity contribution in [3.63, 3.8) is 0 Å².